The monoisotopic (exact) mass is 598 g/mol. The van der Waals surface area contributed by atoms with E-state index in [1.54, 1.807) is 18.2 Å². The van der Waals surface area contributed by atoms with Gasteiger partial charge in [-0.1, -0.05) is 49.3 Å². The third-order valence-electron chi connectivity index (χ3n) is 8.95. The van der Waals surface area contributed by atoms with Crippen molar-refractivity contribution in [2.75, 3.05) is 19.0 Å². The van der Waals surface area contributed by atoms with E-state index >= 15 is 0 Å². The molecule has 1 saturated heterocycles. The summed E-state index contributed by atoms with van der Waals surface area (Å²) in [7, 11) is 1.59. The number of hydrogen-bond acceptors (Lipinski definition) is 7. The summed E-state index contributed by atoms with van der Waals surface area (Å²) >= 11 is 0. The number of amides is 2. The first kappa shape index (κ1) is 29.5. The lowest BCUT2D eigenvalue weighted by atomic mass is 10.0. The number of pyridine rings is 1. The minimum atomic E-state index is -1.36. The van der Waals surface area contributed by atoms with Crippen LogP contribution >= 0.6 is 0 Å². The van der Waals surface area contributed by atoms with Crippen molar-refractivity contribution in [1.29, 1.82) is 0 Å². The minimum Gasteiger partial charge on any atom is -0.497 e. The van der Waals surface area contributed by atoms with Crippen molar-refractivity contribution in [2.45, 2.75) is 68.7 Å². The van der Waals surface area contributed by atoms with E-state index in [2.05, 4.69) is 15.6 Å². The van der Waals surface area contributed by atoms with E-state index in [4.69, 9.17) is 9.47 Å². The highest BCUT2D eigenvalue weighted by Gasteiger charge is 2.61. The Morgan fingerprint density at radius 2 is 1.98 bits per heavy atom. The van der Waals surface area contributed by atoms with E-state index in [9.17, 15) is 19.5 Å². The molecular weight excluding hydrogens is 560 g/mol. The summed E-state index contributed by atoms with van der Waals surface area (Å²) in [5.74, 6) is -0.957. The Labute approximate surface area is 256 Å². The van der Waals surface area contributed by atoms with Crippen LogP contribution in [0.15, 0.2) is 72.9 Å². The number of nitrogens with zero attached hydrogens (tertiary/aromatic N) is 2. The lowest BCUT2D eigenvalue weighted by Gasteiger charge is -2.30. The second-order valence-corrected chi connectivity index (χ2v) is 11.9. The molecular formula is C34H38N4O6. The average molecular weight is 599 g/mol. The molecule has 0 radical (unpaired) electrons. The third kappa shape index (κ3) is 6.06. The first-order valence-corrected chi connectivity index (χ1v) is 15.3. The molecule has 0 spiro atoms. The number of carbonyl (C=O) groups is 3. The summed E-state index contributed by atoms with van der Waals surface area (Å²) in [5.41, 5.74) is -0.626. The van der Waals surface area contributed by atoms with Gasteiger partial charge in [-0.3, -0.25) is 9.59 Å². The first-order valence-electron chi connectivity index (χ1n) is 15.3. The van der Waals surface area contributed by atoms with Gasteiger partial charge in [0.25, 0.3) is 0 Å². The third-order valence-corrected chi connectivity index (χ3v) is 8.95. The van der Waals surface area contributed by atoms with Crippen LogP contribution in [-0.2, 0) is 14.4 Å². The van der Waals surface area contributed by atoms with Gasteiger partial charge in [0.15, 0.2) is 0 Å². The van der Waals surface area contributed by atoms with E-state index in [1.807, 2.05) is 66.7 Å². The number of rotatable bonds is 6. The molecule has 5 atom stereocenters. The van der Waals surface area contributed by atoms with Gasteiger partial charge in [0, 0.05) is 35.7 Å². The number of benzene rings is 2. The van der Waals surface area contributed by atoms with Gasteiger partial charge in [-0.15, -0.1) is 0 Å². The summed E-state index contributed by atoms with van der Waals surface area (Å²) in [6.45, 7) is 0.168. The number of aliphatic carboxylic acids is 1. The zero-order valence-corrected chi connectivity index (χ0v) is 24.8. The van der Waals surface area contributed by atoms with Gasteiger partial charge < -0.3 is 30.1 Å². The number of carboxylic acid groups (broad SMARTS) is 1. The van der Waals surface area contributed by atoms with Gasteiger partial charge in [-0.05, 0) is 55.3 Å². The fraction of sp³-hybridized carbons (Fsp3) is 0.412. The average Bonchev–Trinajstić information content (AvgIpc) is 3.57. The van der Waals surface area contributed by atoms with Crippen LogP contribution in [-0.4, -0.2) is 70.2 Å². The molecule has 6 rings (SSSR count). The van der Waals surface area contributed by atoms with E-state index in [1.165, 1.54) is 0 Å². The molecule has 0 bridgehead atoms. The predicted molar refractivity (Wildman–Crippen MR) is 166 cm³/mol. The normalized spacial score (nSPS) is 28.1. The molecule has 1 aromatic heterocycles. The van der Waals surface area contributed by atoms with Crippen LogP contribution in [0, 0.1) is 5.92 Å². The number of hydrogen-bond donors (Lipinski definition) is 3. The molecule has 2 amide bonds. The Morgan fingerprint density at radius 1 is 1.11 bits per heavy atom. The highest BCUT2D eigenvalue weighted by Crippen LogP contribution is 2.45. The molecule has 3 aromatic rings. The van der Waals surface area contributed by atoms with Gasteiger partial charge in [-0.25, -0.2) is 9.78 Å². The van der Waals surface area contributed by atoms with E-state index in [0.717, 1.165) is 42.1 Å². The molecule has 230 valence electrons. The van der Waals surface area contributed by atoms with E-state index in [0.29, 0.717) is 24.5 Å². The smallest absolute Gasteiger partial charge is 0.330 e. The highest BCUT2D eigenvalue weighted by molar-refractivity contribution is 5.96. The van der Waals surface area contributed by atoms with Gasteiger partial charge in [0.05, 0.1) is 13.7 Å². The lowest BCUT2D eigenvalue weighted by Crippen LogP contribution is -2.55. The Bertz CT molecular complexity index is 1570. The van der Waals surface area contributed by atoms with Crippen molar-refractivity contribution in [1.82, 2.24) is 15.2 Å². The number of allylic oxidation sites excluding steroid dienone is 1. The van der Waals surface area contributed by atoms with E-state index < -0.39 is 35.6 Å². The number of methoxy groups -OCH3 is 1. The summed E-state index contributed by atoms with van der Waals surface area (Å²) in [6.07, 6.45) is 9.68. The largest absolute Gasteiger partial charge is 0.497 e. The topological polar surface area (TPSA) is 130 Å². The van der Waals surface area contributed by atoms with Crippen LogP contribution in [0.5, 0.6) is 11.6 Å². The van der Waals surface area contributed by atoms with Gasteiger partial charge >= 0.3 is 5.97 Å². The Balaban J connectivity index is 1.31. The van der Waals surface area contributed by atoms with Gasteiger partial charge in [-0.2, -0.15) is 0 Å². The summed E-state index contributed by atoms with van der Waals surface area (Å²) in [5, 5.41) is 18.1. The maximum Gasteiger partial charge on any atom is 0.330 e. The minimum absolute atomic E-state index is 0.168. The van der Waals surface area contributed by atoms with Crippen molar-refractivity contribution >= 4 is 34.2 Å². The maximum atomic E-state index is 14.3. The number of fused-ring (bicyclic) bond motifs is 3. The number of anilines is 1. The van der Waals surface area contributed by atoms with Gasteiger partial charge in [0.1, 0.15) is 29.5 Å². The Kier molecular flexibility index (Phi) is 8.41. The molecule has 10 heteroatoms. The lowest BCUT2D eigenvalue weighted by molar-refractivity contribution is -0.145. The molecule has 2 fully saturated rings. The zero-order chi connectivity index (χ0) is 30.7. The van der Waals surface area contributed by atoms with Crippen LogP contribution in [0.1, 0.15) is 44.9 Å². The Hall–Kier alpha value is -4.60. The van der Waals surface area contributed by atoms with Gasteiger partial charge in [0.2, 0.25) is 17.7 Å². The molecule has 1 saturated carbocycles. The molecule has 2 aliphatic heterocycles. The SMILES string of the molecule is COc1cccc(N[C@H]2CCCCC/C=C\[C@@H]3C[C@@]3(C(=O)O)NC(=O)[C@@H]3C[C@@H](Oc4nccc5ccccc45)CN3C2=O)c1. The molecule has 1 aliphatic carbocycles. The number of nitrogens with one attached hydrogen (secondary N) is 2. The van der Waals surface area contributed by atoms with Crippen LogP contribution in [0.25, 0.3) is 10.8 Å². The first-order chi connectivity index (χ1) is 21.4. The van der Waals surface area contributed by atoms with Crippen molar-refractivity contribution in [2.24, 2.45) is 5.92 Å². The molecule has 3 heterocycles. The molecule has 3 aliphatic rings. The summed E-state index contributed by atoms with van der Waals surface area (Å²) in [6, 6.07) is 15.6. The summed E-state index contributed by atoms with van der Waals surface area (Å²) in [4.78, 5) is 46.6. The van der Waals surface area contributed by atoms with Crippen molar-refractivity contribution < 1.29 is 29.0 Å². The maximum absolute atomic E-state index is 14.3. The molecule has 0 unspecified atom stereocenters. The predicted octanol–water partition coefficient (Wildman–Crippen LogP) is 4.55. The van der Waals surface area contributed by atoms with E-state index in [-0.39, 0.29) is 24.8 Å². The Morgan fingerprint density at radius 3 is 2.82 bits per heavy atom. The highest BCUT2D eigenvalue weighted by atomic mass is 16.5. The molecule has 2 aromatic carbocycles. The second kappa shape index (κ2) is 12.6. The van der Waals surface area contributed by atoms with Crippen LogP contribution < -0.4 is 20.1 Å². The van der Waals surface area contributed by atoms with Crippen molar-refractivity contribution in [3.63, 3.8) is 0 Å². The number of aromatic nitrogens is 1. The summed E-state index contributed by atoms with van der Waals surface area (Å²) < 4.78 is 11.8. The van der Waals surface area contributed by atoms with Crippen molar-refractivity contribution in [3.05, 3.63) is 72.9 Å². The molecule has 44 heavy (non-hydrogen) atoms. The van der Waals surface area contributed by atoms with Crippen LogP contribution in [0.3, 0.4) is 0 Å². The molecule has 3 N–H and O–H groups in total. The van der Waals surface area contributed by atoms with Crippen LogP contribution in [0.2, 0.25) is 0 Å². The zero-order valence-electron chi connectivity index (χ0n) is 24.8. The quantitative estimate of drug-likeness (QED) is 0.353. The fourth-order valence-corrected chi connectivity index (χ4v) is 6.40. The van der Waals surface area contributed by atoms with Crippen LogP contribution in [0.4, 0.5) is 5.69 Å². The molecule has 10 nitrogen and oxygen atoms in total. The fourth-order valence-electron chi connectivity index (χ4n) is 6.40. The standard InChI is InChI=1S/C34H38N4O6/c1-43-25-13-9-12-24(18-25)36-28-15-6-4-2-3-5-11-23-20-34(23,33(41)42)37-30(39)29-19-26(21-38(29)32(28)40)44-31-27-14-8-7-10-22(27)16-17-35-31/h5,7-14,16-18,23,26,28-29,36H,2-4,6,15,19-21H2,1H3,(H,37,39)(H,41,42)/b11-5-/t23-,26-,28+,29+,34-/m1/s1. The van der Waals surface area contributed by atoms with Crippen molar-refractivity contribution in [3.8, 4) is 11.6 Å². The number of carboxylic acids is 1. The number of carbonyl (C=O) groups excluding carboxylic acids is 2. The second-order valence-electron chi connectivity index (χ2n) is 11.9. The number of ether oxygens (including phenoxy) is 2.